The maximum absolute atomic E-state index is 13.2. The average molecular weight is 380 g/mol. The van der Waals surface area contributed by atoms with Crippen molar-refractivity contribution in [3.8, 4) is 0 Å². The first-order valence-electron chi connectivity index (χ1n) is 8.96. The Morgan fingerprint density at radius 3 is 2.50 bits per heavy atom. The molecule has 0 amide bonds. The minimum atomic E-state index is -0.707. The summed E-state index contributed by atoms with van der Waals surface area (Å²) in [6.07, 6.45) is 0.804. The second-order valence-corrected chi connectivity index (χ2v) is 8.63. The number of fused-ring (bicyclic) bond motifs is 1. The molecule has 0 fully saturated rings. The van der Waals surface area contributed by atoms with E-state index in [0.717, 1.165) is 21.7 Å². The Morgan fingerprint density at radius 2 is 1.92 bits per heavy atom. The zero-order valence-electron chi connectivity index (χ0n) is 16.8. The van der Waals surface area contributed by atoms with E-state index in [4.69, 9.17) is 9.72 Å². The van der Waals surface area contributed by atoms with Crippen LogP contribution in [0.3, 0.4) is 0 Å². The summed E-state index contributed by atoms with van der Waals surface area (Å²) in [4.78, 5) is 34.2. The highest BCUT2D eigenvalue weighted by Gasteiger charge is 2.25. The molecule has 0 bridgehead atoms. The van der Waals surface area contributed by atoms with Gasteiger partial charge in [-0.25, -0.2) is 9.78 Å². The smallest absolute Gasteiger partial charge is 0.329 e. The molecule has 0 aromatic carbocycles. The number of hydrogen-bond donors (Lipinski definition) is 0. The Labute approximate surface area is 158 Å². The standard InChI is InChI=1S/C19H29N3O3S/c1-11(2)8-9-25-19(24)13(4)22-15(10-21(6)7)20-17-16(18(22)23)12(3)14(5)26-17/h11,13H,8-10H2,1-7H3. The van der Waals surface area contributed by atoms with Crippen LogP contribution in [0.5, 0.6) is 0 Å². The second-order valence-electron chi connectivity index (χ2n) is 7.43. The molecule has 2 aromatic heterocycles. The first kappa shape index (κ1) is 20.6. The first-order chi connectivity index (χ1) is 12.1. The highest BCUT2D eigenvalue weighted by molar-refractivity contribution is 7.18. The number of carbonyl (C=O) groups is 1. The molecule has 2 aromatic rings. The van der Waals surface area contributed by atoms with E-state index in [1.54, 1.807) is 6.92 Å². The molecule has 0 spiro atoms. The third-order valence-electron chi connectivity index (χ3n) is 4.43. The van der Waals surface area contributed by atoms with E-state index in [1.165, 1.54) is 15.9 Å². The van der Waals surface area contributed by atoms with Crippen molar-refractivity contribution in [3.63, 3.8) is 0 Å². The van der Waals surface area contributed by atoms with E-state index < -0.39 is 12.0 Å². The van der Waals surface area contributed by atoms with Gasteiger partial charge in [0.1, 0.15) is 16.7 Å². The van der Waals surface area contributed by atoms with Crippen molar-refractivity contribution in [2.75, 3.05) is 20.7 Å². The lowest BCUT2D eigenvalue weighted by Gasteiger charge is -2.20. The summed E-state index contributed by atoms with van der Waals surface area (Å²) in [5.74, 6) is 0.653. The molecular weight excluding hydrogens is 350 g/mol. The lowest BCUT2D eigenvalue weighted by molar-refractivity contribution is -0.147. The van der Waals surface area contributed by atoms with Crippen molar-refractivity contribution in [1.82, 2.24) is 14.5 Å². The maximum Gasteiger partial charge on any atom is 0.329 e. The summed E-state index contributed by atoms with van der Waals surface area (Å²) in [6.45, 7) is 10.6. The average Bonchev–Trinajstić information content (AvgIpc) is 2.80. The van der Waals surface area contributed by atoms with Gasteiger partial charge in [-0.1, -0.05) is 13.8 Å². The molecule has 0 saturated heterocycles. The second kappa shape index (κ2) is 8.31. The van der Waals surface area contributed by atoms with Gasteiger partial charge in [0.25, 0.3) is 5.56 Å². The van der Waals surface area contributed by atoms with Crippen molar-refractivity contribution in [2.45, 2.75) is 53.6 Å². The lowest BCUT2D eigenvalue weighted by atomic mass is 10.1. The van der Waals surface area contributed by atoms with Crippen LogP contribution in [0, 0.1) is 19.8 Å². The molecule has 1 unspecified atom stereocenters. The Bertz CT molecular complexity index is 852. The van der Waals surface area contributed by atoms with Crippen LogP contribution in [-0.2, 0) is 16.1 Å². The number of carbonyl (C=O) groups excluding carboxylic acids is 1. The van der Waals surface area contributed by atoms with Gasteiger partial charge in [0.15, 0.2) is 0 Å². The number of ether oxygens (including phenoxy) is 1. The molecule has 0 radical (unpaired) electrons. The maximum atomic E-state index is 13.2. The summed E-state index contributed by atoms with van der Waals surface area (Å²) in [5.41, 5.74) is 0.773. The molecule has 1 atom stereocenters. The van der Waals surface area contributed by atoms with Gasteiger partial charge in [0.05, 0.1) is 18.5 Å². The van der Waals surface area contributed by atoms with Crippen molar-refractivity contribution >= 4 is 27.5 Å². The van der Waals surface area contributed by atoms with E-state index in [9.17, 15) is 9.59 Å². The summed E-state index contributed by atoms with van der Waals surface area (Å²) in [5, 5.41) is 0.608. The molecule has 2 heterocycles. The molecule has 26 heavy (non-hydrogen) atoms. The van der Waals surface area contributed by atoms with Crippen LogP contribution in [0.2, 0.25) is 0 Å². The molecule has 0 aliphatic heterocycles. The minimum Gasteiger partial charge on any atom is -0.464 e. The summed E-state index contributed by atoms with van der Waals surface area (Å²) in [7, 11) is 3.83. The molecule has 7 heteroatoms. The summed E-state index contributed by atoms with van der Waals surface area (Å²) < 4.78 is 6.89. The normalized spacial score (nSPS) is 13.0. The number of rotatable bonds is 7. The fraction of sp³-hybridized carbons (Fsp3) is 0.632. The molecule has 0 aliphatic rings. The molecule has 144 valence electrons. The predicted molar refractivity (Wildman–Crippen MR) is 106 cm³/mol. The predicted octanol–water partition coefficient (Wildman–Crippen LogP) is 3.29. The lowest BCUT2D eigenvalue weighted by Crippen LogP contribution is -2.34. The van der Waals surface area contributed by atoms with Gasteiger partial charge in [-0.05, 0) is 52.8 Å². The molecule has 0 aliphatic carbocycles. The summed E-state index contributed by atoms with van der Waals surface area (Å²) >= 11 is 1.52. The van der Waals surface area contributed by atoms with Crippen LogP contribution >= 0.6 is 11.3 Å². The zero-order chi connectivity index (χ0) is 19.6. The first-order valence-corrected chi connectivity index (χ1v) is 9.77. The fourth-order valence-corrected chi connectivity index (χ4v) is 3.80. The number of aryl methyl sites for hydroxylation is 2. The van der Waals surface area contributed by atoms with Crippen molar-refractivity contribution in [1.29, 1.82) is 0 Å². The molecule has 6 nitrogen and oxygen atoms in total. The van der Waals surface area contributed by atoms with Crippen LogP contribution in [0.1, 0.15) is 49.5 Å². The highest BCUT2D eigenvalue weighted by Crippen LogP contribution is 2.27. The van der Waals surface area contributed by atoms with Gasteiger partial charge in [-0.3, -0.25) is 9.36 Å². The fourth-order valence-electron chi connectivity index (χ4n) is 2.76. The van der Waals surface area contributed by atoms with E-state index in [-0.39, 0.29) is 5.56 Å². The molecular formula is C19H29N3O3S. The van der Waals surface area contributed by atoms with Gasteiger partial charge in [0.2, 0.25) is 0 Å². The number of hydrogen-bond acceptors (Lipinski definition) is 6. The monoisotopic (exact) mass is 379 g/mol. The van der Waals surface area contributed by atoms with Crippen LogP contribution in [0.4, 0.5) is 0 Å². The van der Waals surface area contributed by atoms with Crippen molar-refractivity contribution in [3.05, 3.63) is 26.6 Å². The largest absolute Gasteiger partial charge is 0.464 e. The Kier molecular flexibility index (Phi) is 6.58. The van der Waals surface area contributed by atoms with E-state index in [1.807, 2.05) is 32.8 Å². The Balaban J connectivity index is 2.48. The van der Waals surface area contributed by atoms with Gasteiger partial charge in [-0.15, -0.1) is 11.3 Å². The third-order valence-corrected chi connectivity index (χ3v) is 5.53. The van der Waals surface area contributed by atoms with Crippen molar-refractivity contribution < 1.29 is 9.53 Å². The Hall–Kier alpha value is -1.73. The van der Waals surface area contributed by atoms with Crippen LogP contribution in [-0.4, -0.2) is 41.1 Å². The van der Waals surface area contributed by atoms with E-state index in [2.05, 4.69) is 13.8 Å². The number of aromatic nitrogens is 2. The number of thiophene rings is 1. The molecule has 2 rings (SSSR count). The van der Waals surface area contributed by atoms with Gasteiger partial charge in [0, 0.05) is 4.88 Å². The third kappa shape index (κ3) is 4.32. The van der Waals surface area contributed by atoms with Crippen molar-refractivity contribution in [2.24, 2.45) is 5.92 Å². The minimum absolute atomic E-state index is 0.165. The molecule has 0 saturated carbocycles. The number of nitrogens with zero attached hydrogens (tertiary/aromatic N) is 3. The van der Waals surface area contributed by atoms with Crippen LogP contribution in [0.15, 0.2) is 4.79 Å². The van der Waals surface area contributed by atoms with Crippen LogP contribution in [0.25, 0.3) is 10.2 Å². The Morgan fingerprint density at radius 1 is 1.27 bits per heavy atom. The van der Waals surface area contributed by atoms with Crippen LogP contribution < -0.4 is 5.56 Å². The van der Waals surface area contributed by atoms with E-state index >= 15 is 0 Å². The van der Waals surface area contributed by atoms with E-state index in [0.29, 0.717) is 30.3 Å². The quantitative estimate of drug-likeness (QED) is 0.691. The molecule has 0 N–H and O–H groups in total. The number of esters is 1. The zero-order valence-corrected chi connectivity index (χ0v) is 17.6. The summed E-state index contributed by atoms with van der Waals surface area (Å²) in [6, 6.07) is -0.707. The topological polar surface area (TPSA) is 64.4 Å². The SMILES string of the molecule is Cc1sc2nc(CN(C)C)n(C(C)C(=O)OCCC(C)C)c(=O)c2c1C. The highest BCUT2D eigenvalue weighted by atomic mass is 32.1. The van der Waals surface area contributed by atoms with Gasteiger partial charge >= 0.3 is 5.97 Å². The van der Waals surface area contributed by atoms with Gasteiger partial charge in [-0.2, -0.15) is 0 Å². The van der Waals surface area contributed by atoms with Gasteiger partial charge < -0.3 is 9.64 Å².